The number of nitrogens with one attached hydrogen (secondary N) is 2. The first-order chi connectivity index (χ1) is 22.3. The molecule has 0 aliphatic rings. The van der Waals surface area contributed by atoms with Crippen LogP contribution in [0.25, 0.3) is 0 Å². The summed E-state index contributed by atoms with van der Waals surface area (Å²) in [6.07, 6.45) is 7.26. The minimum Gasteiger partial charge on any atom is -0.487 e. The molecule has 0 bridgehead atoms. The van der Waals surface area contributed by atoms with Gasteiger partial charge in [0, 0.05) is 54.0 Å². The van der Waals surface area contributed by atoms with Crippen LogP contribution in [0.15, 0.2) is 55.1 Å². The molecule has 0 aliphatic carbocycles. The maximum absolute atomic E-state index is 11.3. The van der Waals surface area contributed by atoms with Crippen molar-refractivity contribution in [2.45, 2.75) is 34.0 Å². The van der Waals surface area contributed by atoms with E-state index >= 15 is 0 Å². The van der Waals surface area contributed by atoms with E-state index < -0.39 is 5.91 Å². The van der Waals surface area contributed by atoms with Crippen molar-refractivity contribution in [3.8, 4) is 23.3 Å². The molecule has 0 aliphatic heterocycles. The third-order valence-electron chi connectivity index (χ3n) is 5.96. The van der Waals surface area contributed by atoms with E-state index in [9.17, 15) is 14.4 Å². The van der Waals surface area contributed by atoms with Gasteiger partial charge in [-0.1, -0.05) is 19.9 Å². The fourth-order valence-corrected chi connectivity index (χ4v) is 3.84. The fraction of sp³-hybridized carbons (Fsp3) is 0.250. The number of amides is 1. The number of ether oxygens (including phenoxy) is 4. The second-order valence-electron chi connectivity index (χ2n) is 8.79. The lowest BCUT2D eigenvalue weighted by atomic mass is 10.1. The molecule has 4 rings (SSSR count). The van der Waals surface area contributed by atoms with Crippen molar-refractivity contribution >= 4 is 30.0 Å². The number of hydrogen-bond acceptors (Lipinski definition) is 13. The molecule has 0 spiro atoms. The Morgan fingerprint density at radius 3 is 1.87 bits per heavy atom. The molecule has 0 saturated carbocycles. The van der Waals surface area contributed by atoms with E-state index in [1.807, 2.05) is 13.8 Å². The number of pyridine rings is 4. The number of carbonyl (C=O) groups is 3. The normalized spacial score (nSPS) is 9.70. The van der Waals surface area contributed by atoms with Gasteiger partial charge in [-0.05, 0) is 19.1 Å². The number of aldehydes is 2. The van der Waals surface area contributed by atoms with Crippen molar-refractivity contribution < 1.29 is 33.3 Å². The van der Waals surface area contributed by atoms with E-state index in [1.165, 1.54) is 44.9 Å². The van der Waals surface area contributed by atoms with Crippen LogP contribution in [0.2, 0.25) is 0 Å². The van der Waals surface area contributed by atoms with Crippen molar-refractivity contribution in [3.63, 3.8) is 0 Å². The Morgan fingerprint density at radius 1 is 0.870 bits per heavy atom. The van der Waals surface area contributed by atoms with Crippen LogP contribution in [0, 0.1) is 5.41 Å². The number of nitrogens with two attached hydrogens (primary N) is 1. The SMILES string of the molecule is CC.CNc1nccc(COc2cnc(OC)cc2C=O)c1C(C)=N.COc1cc(C=O)c(OCc2cccnc2C(N)=O)cn1. The number of primary amides is 1. The molecule has 4 N–H and O–H groups in total. The first-order valence-corrected chi connectivity index (χ1v) is 13.9. The third-order valence-corrected chi connectivity index (χ3v) is 5.96. The molecular formula is C32H37N7O7. The topological polar surface area (TPSA) is 202 Å². The van der Waals surface area contributed by atoms with Gasteiger partial charge in [-0.2, -0.15) is 0 Å². The van der Waals surface area contributed by atoms with E-state index in [0.29, 0.717) is 63.9 Å². The molecule has 46 heavy (non-hydrogen) atoms. The molecular weight excluding hydrogens is 594 g/mol. The van der Waals surface area contributed by atoms with Crippen LogP contribution in [-0.4, -0.2) is 65.4 Å². The summed E-state index contributed by atoms with van der Waals surface area (Å²) in [6, 6.07) is 8.09. The predicted molar refractivity (Wildman–Crippen MR) is 171 cm³/mol. The lowest BCUT2D eigenvalue weighted by Crippen LogP contribution is -2.16. The first kappa shape index (κ1) is 36.3. The maximum atomic E-state index is 11.3. The number of hydrogen-bond donors (Lipinski definition) is 3. The zero-order valence-corrected chi connectivity index (χ0v) is 26.5. The average molecular weight is 632 g/mol. The molecule has 1 amide bonds. The standard InChI is InChI=1S/C16H18N4O3.C14H13N3O4.C2H6/c1-10(17)15-11(4-5-19-16(15)18-2)9-23-13-7-20-14(22-3)6-12(13)8-21;1-20-12-5-10(7-18)11(6-17-12)21-8-9-3-2-4-16-13(9)14(15)19;1-2/h4-8,17H,9H2,1-3H3,(H,18,19);2-7H,8H2,1H3,(H2,15,19);1-2H3. The van der Waals surface area contributed by atoms with Crippen LogP contribution in [0.3, 0.4) is 0 Å². The van der Waals surface area contributed by atoms with Crippen LogP contribution < -0.4 is 30.0 Å². The molecule has 0 unspecified atom stereocenters. The summed E-state index contributed by atoms with van der Waals surface area (Å²) in [6.45, 7) is 5.92. The Balaban J connectivity index is 0.000000305. The van der Waals surface area contributed by atoms with Crippen LogP contribution in [0.4, 0.5) is 5.82 Å². The van der Waals surface area contributed by atoms with Crippen molar-refractivity contribution in [3.05, 3.63) is 88.6 Å². The number of carbonyl (C=O) groups excluding carboxylic acids is 3. The molecule has 14 nitrogen and oxygen atoms in total. The van der Waals surface area contributed by atoms with Crippen LogP contribution in [0.5, 0.6) is 23.3 Å². The summed E-state index contributed by atoms with van der Waals surface area (Å²) in [5.74, 6) is 1.27. The highest BCUT2D eigenvalue weighted by atomic mass is 16.5. The van der Waals surface area contributed by atoms with Gasteiger partial charge in [0.1, 0.15) is 36.2 Å². The molecule has 4 aromatic heterocycles. The van der Waals surface area contributed by atoms with Crippen LogP contribution in [0.1, 0.15) is 68.7 Å². The van der Waals surface area contributed by atoms with E-state index in [-0.39, 0.29) is 24.7 Å². The number of nitrogens with zero attached hydrogens (tertiary/aromatic N) is 4. The molecule has 242 valence electrons. The van der Waals surface area contributed by atoms with Gasteiger partial charge >= 0.3 is 0 Å². The van der Waals surface area contributed by atoms with Gasteiger partial charge in [-0.15, -0.1) is 0 Å². The molecule has 0 fully saturated rings. The summed E-state index contributed by atoms with van der Waals surface area (Å²) in [4.78, 5) is 49.6. The Labute approximate surface area is 266 Å². The second kappa shape index (κ2) is 18.7. The summed E-state index contributed by atoms with van der Waals surface area (Å²) >= 11 is 0. The van der Waals surface area contributed by atoms with E-state index in [4.69, 9.17) is 30.1 Å². The number of anilines is 1. The second-order valence-corrected chi connectivity index (χ2v) is 8.79. The highest BCUT2D eigenvalue weighted by molar-refractivity contribution is 6.01. The molecule has 14 heteroatoms. The van der Waals surface area contributed by atoms with Crippen molar-refractivity contribution in [1.82, 2.24) is 19.9 Å². The van der Waals surface area contributed by atoms with Gasteiger partial charge in [0.15, 0.2) is 12.6 Å². The quantitative estimate of drug-likeness (QED) is 0.140. The number of methoxy groups -OCH3 is 2. The first-order valence-electron chi connectivity index (χ1n) is 13.9. The number of aromatic nitrogens is 4. The smallest absolute Gasteiger partial charge is 0.267 e. The highest BCUT2D eigenvalue weighted by Crippen LogP contribution is 2.24. The Kier molecular flexibility index (Phi) is 14.7. The van der Waals surface area contributed by atoms with Crippen molar-refractivity contribution in [2.75, 3.05) is 26.6 Å². The lowest BCUT2D eigenvalue weighted by Gasteiger charge is -2.14. The van der Waals surface area contributed by atoms with Gasteiger partial charge in [0.25, 0.3) is 5.91 Å². The van der Waals surface area contributed by atoms with Gasteiger partial charge in [0.2, 0.25) is 11.8 Å². The Morgan fingerprint density at radius 2 is 1.41 bits per heavy atom. The van der Waals surface area contributed by atoms with Gasteiger partial charge in [0.05, 0.1) is 37.7 Å². The summed E-state index contributed by atoms with van der Waals surface area (Å²) in [7, 11) is 4.68. The molecule has 0 atom stereocenters. The largest absolute Gasteiger partial charge is 0.487 e. The molecule has 0 saturated heterocycles. The average Bonchev–Trinajstić information content (AvgIpc) is 3.10. The fourth-order valence-electron chi connectivity index (χ4n) is 3.84. The van der Waals surface area contributed by atoms with Gasteiger partial charge in [-0.3, -0.25) is 19.4 Å². The zero-order valence-electron chi connectivity index (χ0n) is 26.5. The van der Waals surface area contributed by atoms with Crippen molar-refractivity contribution in [2.24, 2.45) is 5.73 Å². The van der Waals surface area contributed by atoms with Crippen LogP contribution in [-0.2, 0) is 13.2 Å². The molecule has 0 aromatic carbocycles. The monoisotopic (exact) mass is 631 g/mol. The van der Waals surface area contributed by atoms with Gasteiger partial charge < -0.3 is 35.4 Å². The third kappa shape index (κ3) is 9.80. The van der Waals surface area contributed by atoms with Crippen LogP contribution >= 0.6 is 0 Å². The lowest BCUT2D eigenvalue weighted by molar-refractivity contribution is 0.0991. The zero-order chi connectivity index (χ0) is 34.1. The number of rotatable bonds is 13. The van der Waals surface area contributed by atoms with Crippen molar-refractivity contribution in [1.29, 1.82) is 5.41 Å². The summed E-state index contributed by atoms with van der Waals surface area (Å²) < 4.78 is 21.1. The predicted octanol–water partition coefficient (Wildman–Crippen LogP) is 4.31. The Hall–Kier alpha value is -5.92. The summed E-state index contributed by atoms with van der Waals surface area (Å²) in [5, 5.41) is 10.9. The van der Waals surface area contributed by atoms with E-state index in [0.717, 1.165) is 5.56 Å². The Bertz CT molecular complexity index is 1650. The minimum absolute atomic E-state index is 0.0426. The molecule has 0 radical (unpaired) electrons. The minimum atomic E-state index is -0.641. The highest BCUT2D eigenvalue weighted by Gasteiger charge is 2.14. The van der Waals surface area contributed by atoms with E-state index in [1.54, 1.807) is 38.4 Å². The molecule has 4 heterocycles. The van der Waals surface area contributed by atoms with Gasteiger partial charge in [-0.25, -0.2) is 15.0 Å². The maximum Gasteiger partial charge on any atom is 0.267 e. The van der Waals surface area contributed by atoms with E-state index in [2.05, 4.69) is 25.3 Å². The molecule has 4 aromatic rings. The summed E-state index contributed by atoms with van der Waals surface area (Å²) in [5.41, 5.74) is 8.40.